The zero-order valence-corrected chi connectivity index (χ0v) is 40.8. The van der Waals surface area contributed by atoms with Crippen LogP contribution >= 0.6 is 7.82 Å². The van der Waals surface area contributed by atoms with Gasteiger partial charge in [0.15, 0.2) is 6.10 Å². The van der Waals surface area contributed by atoms with Crippen LogP contribution in [-0.4, -0.2) is 74.9 Å². The van der Waals surface area contributed by atoms with Gasteiger partial charge in [0.25, 0.3) is 0 Å². The highest BCUT2D eigenvalue weighted by molar-refractivity contribution is 7.47. The average Bonchev–Trinajstić information content (AvgIpc) is 3.69. The quantitative estimate of drug-likeness (QED) is 0.0300. The van der Waals surface area contributed by atoms with Crippen molar-refractivity contribution in [2.24, 2.45) is 0 Å². The standard InChI is InChI=1S/C49H86NO10P/c1-9-11-23-29-43-37-40(3)45(58-43)30-25-19-17-18-22-28-34-49(52)59-44(39-57-61(53,54)56-36-35-50(6,7)8)38-55-48(51)33-27-21-16-14-13-15-20-26-32-47-42(5)41(4)46(60-47)31-24-12-10-2/h37,44H,9-36,38-39H2,1-8H3/p+1. The minimum Gasteiger partial charge on any atom is -0.466 e. The summed E-state index contributed by atoms with van der Waals surface area (Å²) in [6.07, 6.45) is 25.1. The number of esters is 2. The number of hydrogen-bond donors (Lipinski definition) is 1. The number of ether oxygens (including phenoxy) is 2. The number of carbonyl (C=O) groups excluding carboxylic acids is 2. The third-order valence-electron chi connectivity index (χ3n) is 11.5. The number of nitrogens with zero attached hydrogens (tertiary/aromatic N) is 1. The minimum atomic E-state index is -4.40. The normalized spacial score (nSPS) is 13.4. The van der Waals surface area contributed by atoms with Crippen LogP contribution in [0.15, 0.2) is 14.9 Å². The van der Waals surface area contributed by atoms with Gasteiger partial charge in [0.2, 0.25) is 0 Å². The Morgan fingerprint density at radius 1 is 0.623 bits per heavy atom. The molecule has 12 heteroatoms. The van der Waals surface area contributed by atoms with Crippen molar-refractivity contribution in [3.8, 4) is 0 Å². The van der Waals surface area contributed by atoms with Crippen LogP contribution in [0.1, 0.15) is 195 Å². The van der Waals surface area contributed by atoms with Gasteiger partial charge in [0.1, 0.15) is 42.8 Å². The Bertz CT molecular complexity index is 1530. The molecule has 0 spiro atoms. The highest BCUT2D eigenvalue weighted by Crippen LogP contribution is 2.43. The van der Waals surface area contributed by atoms with Crippen molar-refractivity contribution in [2.75, 3.05) is 47.5 Å². The number of unbranched alkanes of at least 4 members (excludes halogenated alkanes) is 16. The molecule has 0 amide bonds. The topological polar surface area (TPSA) is 135 Å². The first-order valence-corrected chi connectivity index (χ1v) is 25.6. The van der Waals surface area contributed by atoms with Gasteiger partial charge in [-0.05, 0) is 82.1 Å². The first-order chi connectivity index (χ1) is 29.1. The molecular weight excluding hydrogens is 794 g/mol. The minimum absolute atomic E-state index is 0.0184. The molecular formula is C49H87NO10P+. The van der Waals surface area contributed by atoms with Gasteiger partial charge in [0, 0.05) is 38.5 Å². The van der Waals surface area contributed by atoms with Crippen molar-refractivity contribution in [3.63, 3.8) is 0 Å². The number of phosphoric ester groups is 1. The van der Waals surface area contributed by atoms with Crippen molar-refractivity contribution in [1.29, 1.82) is 0 Å². The zero-order valence-electron chi connectivity index (χ0n) is 39.9. The lowest BCUT2D eigenvalue weighted by Gasteiger charge is -2.24. The number of phosphoric acid groups is 1. The third kappa shape index (κ3) is 26.1. The van der Waals surface area contributed by atoms with E-state index in [-0.39, 0.29) is 32.0 Å². The molecule has 2 heterocycles. The smallest absolute Gasteiger partial charge is 0.466 e. The summed E-state index contributed by atoms with van der Waals surface area (Å²) in [6, 6.07) is 2.19. The lowest BCUT2D eigenvalue weighted by molar-refractivity contribution is -0.870. The van der Waals surface area contributed by atoms with Crippen LogP contribution in [0.4, 0.5) is 0 Å². The van der Waals surface area contributed by atoms with Gasteiger partial charge in [-0.2, -0.15) is 0 Å². The van der Waals surface area contributed by atoms with Gasteiger partial charge in [-0.1, -0.05) is 104 Å². The molecule has 0 saturated heterocycles. The van der Waals surface area contributed by atoms with Crippen LogP contribution in [0, 0.1) is 20.8 Å². The summed E-state index contributed by atoms with van der Waals surface area (Å²) in [4.78, 5) is 35.7. The predicted molar refractivity (Wildman–Crippen MR) is 245 cm³/mol. The second-order valence-corrected chi connectivity index (χ2v) is 19.7. The second kappa shape index (κ2) is 31.4. The molecule has 1 N–H and O–H groups in total. The van der Waals surface area contributed by atoms with Gasteiger partial charge >= 0.3 is 19.8 Å². The molecule has 0 aliphatic carbocycles. The van der Waals surface area contributed by atoms with Crippen molar-refractivity contribution in [2.45, 2.75) is 208 Å². The van der Waals surface area contributed by atoms with E-state index in [1.807, 2.05) is 21.1 Å². The molecule has 0 radical (unpaired) electrons. The second-order valence-electron chi connectivity index (χ2n) is 18.3. The Balaban J connectivity index is 1.65. The van der Waals surface area contributed by atoms with E-state index in [1.54, 1.807) is 0 Å². The van der Waals surface area contributed by atoms with Gasteiger partial charge in [-0.25, -0.2) is 4.57 Å². The number of carbonyl (C=O) groups is 2. The largest absolute Gasteiger partial charge is 0.472 e. The average molecular weight is 881 g/mol. The summed E-state index contributed by atoms with van der Waals surface area (Å²) in [5, 5.41) is 0. The Morgan fingerprint density at radius 2 is 1.10 bits per heavy atom. The molecule has 0 aromatic carbocycles. The van der Waals surface area contributed by atoms with Crippen LogP contribution in [-0.2, 0) is 58.4 Å². The lowest BCUT2D eigenvalue weighted by atomic mass is 10.0. The van der Waals surface area contributed by atoms with E-state index >= 15 is 0 Å². The summed E-state index contributed by atoms with van der Waals surface area (Å²) in [5.74, 6) is 3.71. The number of quaternary nitrogens is 1. The van der Waals surface area contributed by atoms with Crippen LogP contribution in [0.5, 0.6) is 0 Å². The molecule has 0 aliphatic heterocycles. The van der Waals surface area contributed by atoms with Gasteiger partial charge < -0.3 is 27.7 Å². The third-order valence-corrected chi connectivity index (χ3v) is 12.5. The molecule has 2 unspecified atom stereocenters. The molecule has 11 nitrogen and oxygen atoms in total. The number of hydrogen-bond acceptors (Lipinski definition) is 9. The van der Waals surface area contributed by atoms with Gasteiger partial charge in [0.05, 0.1) is 27.7 Å². The molecule has 0 bridgehead atoms. The fraction of sp³-hybridized carbons (Fsp3) is 0.796. The Labute approximate surface area is 370 Å². The molecule has 2 aromatic heterocycles. The van der Waals surface area contributed by atoms with Crippen LogP contribution in [0.2, 0.25) is 0 Å². The molecule has 0 aliphatic rings. The Kier molecular flexibility index (Phi) is 28.2. The maximum atomic E-state index is 12.8. The number of rotatable bonds is 38. The molecule has 2 aromatic rings. The fourth-order valence-electron chi connectivity index (χ4n) is 7.38. The number of aryl methyl sites for hydroxylation is 5. The van der Waals surface area contributed by atoms with Crippen molar-refractivity contribution in [3.05, 3.63) is 45.8 Å². The highest BCUT2D eigenvalue weighted by Gasteiger charge is 2.27. The van der Waals surface area contributed by atoms with E-state index in [0.717, 1.165) is 101 Å². The summed E-state index contributed by atoms with van der Waals surface area (Å²) in [6.45, 7) is 10.8. The SMILES string of the molecule is CCCCCc1cc(C)c(CCCCCCCCC(=O)OC(COC(=O)CCCCCCCCCCc2oc(CCCCC)c(C)c2C)COP(=O)(O)OCC[N+](C)(C)C)o1. The first kappa shape index (κ1) is 54.7. The molecule has 0 fully saturated rings. The van der Waals surface area contributed by atoms with Gasteiger partial charge in [-0.15, -0.1) is 0 Å². The van der Waals surface area contributed by atoms with E-state index in [0.29, 0.717) is 23.9 Å². The molecule has 2 atom stereocenters. The van der Waals surface area contributed by atoms with Crippen molar-refractivity contribution < 1.29 is 50.9 Å². The first-order valence-electron chi connectivity index (χ1n) is 24.1. The summed E-state index contributed by atoms with van der Waals surface area (Å²) in [5.41, 5.74) is 3.91. The van der Waals surface area contributed by atoms with Crippen LogP contribution < -0.4 is 0 Å². The van der Waals surface area contributed by atoms with Crippen molar-refractivity contribution >= 4 is 19.8 Å². The zero-order chi connectivity index (χ0) is 44.9. The van der Waals surface area contributed by atoms with Crippen LogP contribution in [0.3, 0.4) is 0 Å². The highest BCUT2D eigenvalue weighted by atomic mass is 31.2. The lowest BCUT2D eigenvalue weighted by Crippen LogP contribution is -2.37. The molecule has 2 rings (SSSR count). The monoisotopic (exact) mass is 881 g/mol. The summed E-state index contributed by atoms with van der Waals surface area (Å²) in [7, 11) is 1.43. The molecule has 0 saturated carbocycles. The summed E-state index contributed by atoms with van der Waals surface area (Å²) < 4.78 is 46.8. The molecule has 352 valence electrons. The van der Waals surface area contributed by atoms with Gasteiger partial charge in [-0.3, -0.25) is 18.6 Å². The maximum Gasteiger partial charge on any atom is 0.472 e. The predicted octanol–water partition coefficient (Wildman–Crippen LogP) is 12.6. The number of likely N-dealkylation sites (N-methyl/N-ethyl adjacent to an activating group) is 1. The van der Waals surface area contributed by atoms with Crippen molar-refractivity contribution in [1.82, 2.24) is 0 Å². The van der Waals surface area contributed by atoms with E-state index < -0.39 is 26.5 Å². The Hall–Kier alpha value is -2.43. The van der Waals surface area contributed by atoms with E-state index in [9.17, 15) is 19.0 Å². The van der Waals surface area contributed by atoms with Crippen LogP contribution in [0.25, 0.3) is 0 Å². The fourth-order valence-corrected chi connectivity index (χ4v) is 8.13. The molecule has 61 heavy (non-hydrogen) atoms. The Morgan fingerprint density at radius 3 is 1.64 bits per heavy atom. The number of furan rings is 2. The summed E-state index contributed by atoms with van der Waals surface area (Å²) >= 11 is 0. The van der Waals surface area contributed by atoms with E-state index in [4.69, 9.17) is 27.4 Å². The van der Waals surface area contributed by atoms with E-state index in [1.165, 1.54) is 80.2 Å². The maximum absolute atomic E-state index is 12.8. The van der Waals surface area contributed by atoms with E-state index in [2.05, 4.69) is 40.7 Å².